The van der Waals surface area contributed by atoms with Crippen LogP contribution in [0.25, 0.3) is 0 Å². The number of amides is 1. The van der Waals surface area contributed by atoms with E-state index in [4.69, 9.17) is 4.74 Å². The molecular formula is C25H28N2O4S2. The topological polar surface area (TPSA) is 75.7 Å². The average Bonchev–Trinajstić information content (AvgIpc) is 2.83. The van der Waals surface area contributed by atoms with Crippen LogP contribution in [0.15, 0.2) is 82.6 Å². The molecule has 8 heteroatoms. The van der Waals surface area contributed by atoms with Gasteiger partial charge in [-0.1, -0.05) is 37.3 Å². The van der Waals surface area contributed by atoms with E-state index in [-0.39, 0.29) is 4.90 Å². The molecule has 0 spiro atoms. The maximum Gasteiger partial charge on any atom is 0.264 e. The third-order valence-corrected chi connectivity index (χ3v) is 7.56. The summed E-state index contributed by atoms with van der Waals surface area (Å²) < 4.78 is 34.2. The summed E-state index contributed by atoms with van der Waals surface area (Å²) in [6.45, 7) is 3.79. The Morgan fingerprint density at radius 2 is 1.64 bits per heavy atom. The number of rotatable bonds is 10. The van der Waals surface area contributed by atoms with Gasteiger partial charge in [0.2, 0.25) is 5.91 Å². The smallest absolute Gasteiger partial charge is 0.264 e. The van der Waals surface area contributed by atoms with Crippen molar-refractivity contribution < 1.29 is 17.9 Å². The van der Waals surface area contributed by atoms with Gasteiger partial charge in [0, 0.05) is 10.6 Å². The second-order valence-corrected chi connectivity index (χ2v) is 9.89. The fourth-order valence-corrected chi connectivity index (χ4v) is 5.23. The number of hydrogen-bond acceptors (Lipinski definition) is 5. The Labute approximate surface area is 200 Å². The van der Waals surface area contributed by atoms with Crippen molar-refractivity contribution in [3.05, 3.63) is 78.4 Å². The summed E-state index contributed by atoms with van der Waals surface area (Å²) >= 11 is 1.52. The van der Waals surface area contributed by atoms with Crippen LogP contribution in [0.4, 0.5) is 11.4 Å². The second kappa shape index (κ2) is 11.2. The minimum absolute atomic E-state index is 0.105. The minimum Gasteiger partial charge on any atom is -0.492 e. The molecule has 3 aromatic carbocycles. The highest BCUT2D eigenvalue weighted by molar-refractivity contribution is 7.98. The van der Waals surface area contributed by atoms with Crippen molar-refractivity contribution in [1.29, 1.82) is 0 Å². The van der Waals surface area contributed by atoms with Gasteiger partial charge in [0.15, 0.2) is 0 Å². The van der Waals surface area contributed by atoms with E-state index in [1.165, 1.54) is 11.8 Å². The SMILES string of the molecule is CCOc1ccccc1N(CC(=O)Nc1ccccc1CC)S(=O)(=O)c1ccc(SC)cc1. The molecule has 0 aromatic heterocycles. The summed E-state index contributed by atoms with van der Waals surface area (Å²) in [5.74, 6) is -0.0439. The maximum atomic E-state index is 13.7. The van der Waals surface area contributed by atoms with E-state index in [0.29, 0.717) is 23.7 Å². The van der Waals surface area contributed by atoms with Crippen molar-refractivity contribution in [3.8, 4) is 5.75 Å². The summed E-state index contributed by atoms with van der Waals surface area (Å²) in [5.41, 5.74) is 1.96. The van der Waals surface area contributed by atoms with Crippen LogP contribution in [0.3, 0.4) is 0 Å². The van der Waals surface area contributed by atoms with E-state index in [0.717, 1.165) is 21.2 Å². The van der Waals surface area contributed by atoms with Crippen LogP contribution in [-0.2, 0) is 21.2 Å². The van der Waals surface area contributed by atoms with Gasteiger partial charge in [-0.2, -0.15) is 0 Å². The Hall–Kier alpha value is -2.97. The van der Waals surface area contributed by atoms with Crippen molar-refractivity contribution in [1.82, 2.24) is 0 Å². The fourth-order valence-electron chi connectivity index (χ4n) is 3.39. The molecule has 0 bridgehead atoms. The van der Waals surface area contributed by atoms with Gasteiger partial charge in [-0.05, 0) is 67.6 Å². The molecular weight excluding hydrogens is 456 g/mol. The third-order valence-electron chi connectivity index (χ3n) is 5.04. The van der Waals surface area contributed by atoms with Gasteiger partial charge in [-0.25, -0.2) is 8.42 Å². The molecule has 174 valence electrons. The summed E-state index contributed by atoms with van der Waals surface area (Å²) in [5, 5.41) is 2.87. The van der Waals surface area contributed by atoms with Crippen LogP contribution in [0.1, 0.15) is 19.4 Å². The monoisotopic (exact) mass is 484 g/mol. The zero-order valence-electron chi connectivity index (χ0n) is 18.9. The first-order valence-corrected chi connectivity index (χ1v) is 13.3. The Bertz CT molecular complexity index is 1200. The summed E-state index contributed by atoms with van der Waals surface area (Å²) in [6.07, 6.45) is 2.67. The van der Waals surface area contributed by atoms with Gasteiger partial charge < -0.3 is 10.1 Å². The van der Waals surface area contributed by atoms with E-state index in [1.54, 1.807) is 48.5 Å². The first kappa shape index (κ1) is 24.7. The largest absolute Gasteiger partial charge is 0.492 e. The highest BCUT2D eigenvalue weighted by Crippen LogP contribution is 2.33. The number of para-hydroxylation sites is 3. The molecule has 0 saturated carbocycles. The number of aryl methyl sites for hydroxylation is 1. The molecule has 0 unspecified atom stereocenters. The van der Waals surface area contributed by atoms with Crippen LogP contribution in [0.5, 0.6) is 5.75 Å². The standard InChI is InChI=1S/C25H28N2O4S2/c1-4-19-10-6-7-11-22(19)26-25(28)18-27(23-12-8-9-13-24(23)31-5-2)33(29,30)21-16-14-20(32-3)15-17-21/h6-17H,4-5,18H2,1-3H3,(H,26,28). The molecule has 3 rings (SSSR count). The predicted octanol–water partition coefficient (Wildman–Crippen LogP) is 5.20. The predicted molar refractivity (Wildman–Crippen MR) is 135 cm³/mol. The number of carbonyl (C=O) groups excluding carboxylic acids is 1. The van der Waals surface area contributed by atoms with Gasteiger partial charge in [-0.15, -0.1) is 11.8 Å². The van der Waals surface area contributed by atoms with Crippen LogP contribution >= 0.6 is 11.8 Å². The van der Waals surface area contributed by atoms with Gasteiger partial charge in [0.1, 0.15) is 12.3 Å². The number of anilines is 2. The number of hydrogen-bond donors (Lipinski definition) is 1. The number of thioether (sulfide) groups is 1. The zero-order valence-corrected chi connectivity index (χ0v) is 20.6. The van der Waals surface area contributed by atoms with Crippen molar-refractivity contribution in [3.63, 3.8) is 0 Å². The van der Waals surface area contributed by atoms with Gasteiger partial charge >= 0.3 is 0 Å². The molecule has 0 radical (unpaired) electrons. The molecule has 0 aliphatic heterocycles. The van der Waals surface area contributed by atoms with Crippen molar-refractivity contribution in [2.45, 2.75) is 30.1 Å². The lowest BCUT2D eigenvalue weighted by Gasteiger charge is -2.26. The van der Waals surface area contributed by atoms with E-state index >= 15 is 0 Å². The molecule has 33 heavy (non-hydrogen) atoms. The molecule has 0 heterocycles. The zero-order chi connectivity index (χ0) is 23.8. The number of carbonyl (C=O) groups is 1. The average molecular weight is 485 g/mol. The maximum absolute atomic E-state index is 13.7. The van der Waals surface area contributed by atoms with Crippen molar-refractivity contribution >= 4 is 39.1 Å². The summed E-state index contributed by atoms with van der Waals surface area (Å²) in [6, 6.07) is 20.9. The Kier molecular flexibility index (Phi) is 8.41. The quantitative estimate of drug-likeness (QED) is 0.400. The second-order valence-electron chi connectivity index (χ2n) is 7.15. The van der Waals surface area contributed by atoms with Crippen LogP contribution in [-0.4, -0.2) is 33.7 Å². The van der Waals surface area contributed by atoms with Gasteiger partial charge in [0.05, 0.1) is 17.2 Å². The summed E-state index contributed by atoms with van der Waals surface area (Å²) in [7, 11) is -4.04. The summed E-state index contributed by atoms with van der Waals surface area (Å²) in [4.78, 5) is 14.1. The fraction of sp³-hybridized carbons (Fsp3) is 0.240. The number of nitrogens with one attached hydrogen (secondary N) is 1. The van der Waals surface area contributed by atoms with Gasteiger partial charge in [0.25, 0.3) is 10.0 Å². The van der Waals surface area contributed by atoms with Crippen LogP contribution in [0.2, 0.25) is 0 Å². The molecule has 0 atom stereocenters. The number of nitrogens with zero attached hydrogens (tertiary/aromatic N) is 1. The molecule has 1 amide bonds. The highest BCUT2D eigenvalue weighted by atomic mass is 32.2. The van der Waals surface area contributed by atoms with Crippen molar-refractivity contribution in [2.24, 2.45) is 0 Å². The van der Waals surface area contributed by atoms with E-state index in [9.17, 15) is 13.2 Å². The van der Waals surface area contributed by atoms with E-state index in [1.807, 2.05) is 44.4 Å². The number of sulfonamides is 1. The minimum atomic E-state index is -4.04. The molecule has 0 fully saturated rings. The molecule has 6 nitrogen and oxygen atoms in total. The Balaban J connectivity index is 2.01. The van der Waals surface area contributed by atoms with Crippen molar-refractivity contribution in [2.75, 3.05) is 29.0 Å². The molecule has 3 aromatic rings. The lowest BCUT2D eigenvalue weighted by Crippen LogP contribution is -2.38. The first-order valence-electron chi connectivity index (χ1n) is 10.7. The van der Waals surface area contributed by atoms with Crippen LogP contribution in [0, 0.1) is 0 Å². The molecule has 0 saturated heterocycles. The Morgan fingerprint density at radius 1 is 0.970 bits per heavy atom. The highest BCUT2D eigenvalue weighted by Gasteiger charge is 2.29. The first-order chi connectivity index (χ1) is 15.9. The van der Waals surface area contributed by atoms with E-state index < -0.39 is 22.5 Å². The normalized spacial score (nSPS) is 11.1. The molecule has 0 aliphatic carbocycles. The van der Waals surface area contributed by atoms with E-state index in [2.05, 4.69) is 5.32 Å². The molecule has 1 N–H and O–H groups in total. The number of benzene rings is 3. The van der Waals surface area contributed by atoms with Crippen LogP contribution < -0.4 is 14.4 Å². The lowest BCUT2D eigenvalue weighted by atomic mass is 10.1. The lowest BCUT2D eigenvalue weighted by molar-refractivity contribution is -0.114. The third kappa shape index (κ3) is 5.89. The molecule has 0 aliphatic rings. The van der Waals surface area contributed by atoms with Gasteiger partial charge in [-0.3, -0.25) is 9.10 Å². The Morgan fingerprint density at radius 3 is 2.30 bits per heavy atom. The number of ether oxygens (including phenoxy) is 1.